The molecule has 1 aliphatic rings. The van der Waals surface area contributed by atoms with Crippen molar-refractivity contribution in [2.24, 2.45) is 0 Å². The van der Waals surface area contributed by atoms with Gasteiger partial charge in [-0.25, -0.2) is 24.9 Å². The maximum absolute atomic E-state index is 5.01. The van der Waals surface area contributed by atoms with E-state index in [-0.39, 0.29) is 0 Å². The van der Waals surface area contributed by atoms with E-state index < -0.39 is 0 Å². The van der Waals surface area contributed by atoms with Gasteiger partial charge < -0.3 is 0 Å². The summed E-state index contributed by atoms with van der Waals surface area (Å²) in [7, 11) is 0. The third kappa shape index (κ3) is 7.25. The van der Waals surface area contributed by atoms with E-state index in [4.69, 9.17) is 24.9 Å². The molecule has 9 aromatic rings. The highest BCUT2D eigenvalue weighted by Gasteiger charge is 2.15. The highest BCUT2D eigenvalue weighted by atomic mass is 15.0. The first-order valence-electron chi connectivity index (χ1n) is 19.6. The van der Waals surface area contributed by atoms with Crippen LogP contribution in [0.5, 0.6) is 0 Å². The van der Waals surface area contributed by atoms with Gasteiger partial charge in [-0.05, 0) is 64.1 Å². The minimum atomic E-state index is 0.667. The zero-order valence-electron chi connectivity index (χ0n) is 31.7. The molecule has 5 nitrogen and oxygen atoms in total. The molecule has 1 aliphatic carbocycles. The first kappa shape index (κ1) is 34.8. The van der Waals surface area contributed by atoms with E-state index in [0.717, 1.165) is 74.3 Å². The quantitative estimate of drug-likeness (QED) is 0.155. The lowest BCUT2D eigenvalue weighted by molar-refractivity contribution is 1.01. The summed E-state index contributed by atoms with van der Waals surface area (Å²) in [6.45, 7) is 0. The van der Waals surface area contributed by atoms with Gasteiger partial charge in [0.2, 0.25) is 0 Å². The molecule has 58 heavy (non-hydrogen) atoms. The molecule has 0 radical (unpaired) electrons. The van der Waals surface area contributed by atoms with E-state index in [0.29, 0.717) is 23.3 Å². The molecule has 5 heteroatoms. The SMILES string of the molecule is C1=CC(c2nc(-c3ccccc3)nc(-c3ccc(-c4ccc5cc(-c6ccc(-c7cc(-c8ccccc8)nc(-c8ccccc8)n7)cc6)ccc5c4)cc3)n2)=CCC1. The maximum atomic E-state index is 5.01. The minimum absolute atomic E-state index is 0.667. The summed E-state index contributed by atoms with van der Waals surface area (Å²) in [6, 6.07) is 63.2. The van der Waals surface area contributed by atoms with Crippen LogP contribution < -0.4 is 0 Å². The molecule has 0 amide bonds. The smallest absolute Gasteiger partial charge is 0.164 e. The van der Waals surface area contributed by atoms with Crippen LogP contribution in [0.3, 0.4) is 0 Å². The Morgan fingerprint density at radius 1 is 0.293 bits per heavy atom. The van der Waals surface area contributed by atoms with Gasteiger partial charge in [-0.2, -0.15) is 0 Å². The van der Waals surface area contributed by atoms with E-state index in [2.05, 4.69) is 133 Å². The lowest BCUT2D eigenvalue weighted by Crippen LogP contribution is -2.03. The van der Waals surface area contributed by atoms with E-state index in [1.54, 1.807) is 0 Å². The Morgan fingerprint density at radius 3 is 1.19 bits per heavy atom. The number of aromatic nitrogens is 5. The third-order valence-electron chi connectivity index (χ3n) is 10.6. The second-order valence-electron chi connectivity index (χ2n) is 14.4. The van der Waals surface area contributed by atoms with Crippen LogP contribution in [0.2, 0.25) is 0 Å². The number of benzene rings is 7. The Hall–Kier alpha value is -7.63. The largest absolute Gasteiger partial charge is 0.228 e. The summed E-state index contributed by atoms with van der Waals surface area (Å²) in [4.78, 5) is 24.7. The Kier molecular flexibility index (Phi) is 9.30. The van der Waals surface area contributed by atoms with Gasteiger partial charge in [0.15, 0.2) is 23.3 Å². The molecular formula is C53H37N5. The number of hydrogen-bond acceptors (Lipinski definition) is 5. The van der Waals surface area contributed by atoms with Crippen LogP contribution in [0.1, 0.15) is 18.7 Å². The lowest BCUT2D eigenvalue weighted by Gasteiger charge is -2.11. The summed E-state index contributed by atoms with van der Waals surface area (Å²) in [5.74, 6) is 2.76. The van der Waals surface area contributed by atoms with E-state index >= 15 is 0 Å². The van der Waals surface area contributed by atoms with Crippen molar-refractivity contribution >= 4 is 16.3 Å². The van der Waals surface area contributed by atoms with Gasteiger partial charge in [-0.1, -0.05) is 182 Å². The van der Waals surface area contributed by atoms with E-state index in [1.165, 1.54) is 16.3 Å². The fourth-order valence-electron chi connectivity index (χ4n) is 7.45. The molecule has 0 unspecified atom stereocenters. The average molecular weight is 744 g/mol. The molecule has 7 aromatic carbocycles. The minimum Gasteiger partial charge on any atom is -0.228 e. The maximum Gasteiger partial charge on any atom is 0.164 e. The van der Waals surface area contributed by atoms with Gasteiger partial charge in [-0.3, -0.25) is 0 Å². The zero-order valence-corrected chi connectivity index (χ0v) is 31.7. The molecule has 0 saturated carbocycles. The van der Waals surface area contributed by atoms with Crippen molar-refractivity contribution in [2.45, 2.75) is 12.8 Å². The summed E-state index contributed by atoms with van der Waals surface area (Å²) in [5, 5.41) is 2.38. The summed E-state index contributed by atoms with van der Waals surface area (Å²) < 4.78 is 0. The van der Waals surface area contributed by atoms with Gasteiger partial charge in [-0.15, -0.1) is 0 Å². The molecule has 0 atom stereocenters. The molecule has 0 fully saturated rings. The Bertz CT molecular complexity index is 2900. The Morgan fingerprint density at radius 2 is 0.690 bits per heavy atom. The van der Waals surface area contributed by atoms with Crippen LogP contribution in [0.25, 0.3) is 95.3 Å². The Balaban J connectivity index is 0.911. The molecular weight excluding hydrogens is 707 g/mol. The molecule has 274 valence electrons. The fraction of sp³-hybridized carbons (Fsp3) is 0.0377. The van der Waals surface area contributed by atoms with Crippen LogP contribution in [0.15, 0.2) is 200 Å². The standard InChI is InChI=1S/C53H37N5/c1-5-13-38(14-6-1)48-35-49(55-50(54-48)40-15-7-2-8-16-40)39-25-21-36(22-26-39)44-29-31-47-34-45(30-32-46(47)33-44)37-23-27-43(28-24-37)53-57-51(41-17-9-3-10-18-41)56-52(58-53)42-19-11-4-12-20-42/h1-3,5-11,13-35H,4,12H2. The van der Waals surface area contributed by atoms with Crippen molar-refractivity contribution in [3.05, 3.63) is 206 Å². The highest BCUT2D eigenvalue weighted by molar-refractivity contribution is 5.91. The number of hydrogen-bond donors (Lipinski definition) is 0. The molecule has 0 aliphatic heterocycles. The fourth-order valence-corrected chi connectivity index (χ4v) is 7.45. The van der Waals surface area contributed by atoms with Crippen LogP contribution in [-0.2, 0) is 0 Å². The molecule has 0 saturated heterocycles. The van der Waals surface area contributed by atoms with Crippen LogP contribution in [-0.4, -0.2) is 24.9 Å². The Labute approximate surface area is 337 Å². The molecule has 0 bridgehead atoms. The van der Waals surface area contributed by atoms with Gasteiger partial charge >= 0.3 is 0 Å². The second kappa shape index (κ2) is 15.5. The van der Waals surface area contributed by atoms with Crippen LogP contribution >= 0.6 is 0 Å². The topological polar surface area (TPSA) is 64.5 Å². The second-order valence-corrected chi connectivity index (χ2v) is 14.4. The van der Waals surface area contributed by atoms with Gasteiger partial charge in [0.05, 0.1) is 11.4 Å². The van der Waals surface area contributed by atoms with Crippen molar-refractivity contribution in [1.82, 2.24) is 24.9 Å². The van der Waals surface area contributed by atoms with Gasteiger partial charge in [0.1, 0.15) is 0 Å². The number of allylic oxidation sites excluding steroid dienone is 4. The predicted molar refractivity (Wildman–Crippen MR) is 237 cm³/mol. The van der Waals surface area contributed by atoms with Gasteiger partial charge in [0.25, 0.3) is 0 Å². The average Bonchev–Trinajstić information content (AvgIpc) is 3.32. The molecule has 0 N–H and O–H groups in total. The lowest BCUT2D eigenvalue weighted by atomic mass is 9.96. The molecule has 10 rings (SSSR count). The number of rotatable bonds is 8. The molecule has 2 heterocycles. The summed E-state index contributed by atoms with van der Waals surface area (Å²) in [5.41, 5.74) is 12.5. The van der Waals surface area contributed by atoms with Gasteiger partial charge in [0, 0.05) is 33.4 Å². The van der Waals surface area contributed by atoms with E-state index in [9.17, 15) is 0 Å². The van der Waals surface area contributed by atoms with Crippen molar-refractivity contribution < 1.29 is 0 Å². The summed E-state index contributed by atoms with van der Waals surface area (Å²) in [6.07, 6.45) is 8.53. The first-order chi connectivity index (χ1) is 28.7. The zero-order chi connectivity index (χ0) is 38.7. The monoisotopic (exact) mass is 743 g/mol. The van der Waals surface area contributed by atoms with Crippen molar-refractivity contribution in [3.8, 4) is 78.9 Å². The molecule has 0 spiro atoms. The number of nitrogens with zero attached hydrogens (tertiary/aromatic N) is 5. The predicted octanol–water partition coefficient (Wildman–Crippen LogP) is 13.2. The van der Waals surface area contributed by atoms with Crippen molar-refractivity contribution in [1.29, 1.82) is 0 Å². The van der Waals surface area contributed by atoms with Crippen LogP contribution in [0.4, 0.5) is 0 Å². The van der Waals surface area contributed by atoms with Crippen LogP contribution in [0, 0.1) is 0 Å². The summed E-state index contributed by atoms with van der Waals surface area (Å²) >= 11 is 0. The number of fused-ring (bicyclic) bond motifs is 1. The van der Waals surface area contributed by atoms with E-state index in [1.807, 2.05) is 66.7 Å². The third-order valence-corrected chi connectivity index (χ3v) is 10.6. The normalized spacial score (nSPS) is 12.4. The first-order valence-corrected chi connectivity index (χ1v) is 19.6. The van der Waals surface area contributed by atoms with Crippen molar-refractivity contribution in [3.63, 3.8) is 0 Å². The van der Waals surface area contributed by atoms with Crippen molar-refractivity contribution in [2.75, 3.05) is 0 Å². The molecule has 2 aromatic heterocycles. The highest BCUT2D eigenvalue weighted by Crippen LogP contribution is 2.33.